The van der Waals surface area contributed by atoms with Gasteiger partial charge in [-0.1, -0.05) is 11.8 Å². The smallest absolute Gasteiger partial charge is 0.210 e. The normalized spacial score (nSPS) is 11.2. The second kappa shape index (κ2) is 7.60. The molecule has 0 unspecified atom stereocenters. The number of hydrogen-bond donors (Lipinski definition) is 1. The molecule has 5 aromatic rings. The number of benzene rings is 1. The van der Waals surface area contributed by atoms with Crippen molar-refractivity contribution < 1.29 is 18.0 Å². The maximum atomic E-state index is 13.6. The van der Waals surface area contributed by atoms with Gasteiger partial charge in [0.25, 0.3) is 0 Å². The summed E-state index contributed by atoms with van der Waals surface area (Å²) in [6.07, 6.45) is 7.80. The minimum atomic E-state index is -0.393. The van der Waals surface area contributed by atoms with Gasteiger partial charge in [0, 0.05) is 33.8 Å². The van der Waals surface area contributed by atoms with E-state index in [-0.39, 0.29) is 11.5 Å². The Kier molecular flexibility index (Phi) is 4.64. The molecule has 1 N–H and O–H groups in total. The first-order valence-electron chi connectivity index (χ1n) is 8.91. The molecule has 0 radical (unpaired) electrons. The highest BCUT2D eigenvalue weighted by Gasteiger charge is 2.18. The number of carbonyl (C=O) groups is 1. The summed E-state index contributed by atoms with van der Waals surface area (Å²) < 4.78 is 23.9. The molecule has 0 atom stereocenters. The fraction of sp³-hybridized carbons (Fsp3) is 0.0476. The van der Waals surface area contributed by atoms with Crippen molar-refractivity contribution in [3.8, 4) is 22.5 Å². The van der Waals surface area contributed by atoms with Crippen molar-refractivity contribution in [2.75, 3.05) is 5.75 Å². The lowest BCUT2D eigenvalue weighted by atomic mass is 10.1. The van der Waals surface area contributed by atoms with E-state index >= 15 is 0 Å². The zero-order valence-corrected chi connectivity index (χ0v) is 16.1. The van der Waals surface area contributed by atoms with Crippen LogP contribution in [0.3, 0.4) is 0 Å². The van der Waals surface area contributed by atoms with Crippen LogP contribution in [0.25, 0.3) is 33.4 Å². The number of nitrogens with one attached hydrogen (secondary N) is 1. The first-order valence-corrected chi connectivity index (χ1v) is 9.90. The van der Waals surface area contributed by atoms with E-state index in [4.69, 9.17) is 8.83 Å². The van der Waals surface area contributed by atoms with Gasteiger partial charge in [-0.05, 0) is 30.3 Å². The molecule has 0 fully saturated rings. The van der Waals surface area contributed by atoms with Gasteiger partial charge in [-0.15, -0.1) is 10.2 Å². The van der Waals surface area contributed by atoms with Gasteiger partial charge in [0.15, 0.2) is 5.78 Å². The Hall–Kier alpha value is -3.72. The van der Waals surface area contributed by atoms with E-state index in [1.807, 2.05) is 0 Å². The van der Waals surface area contributed by atoms with E-state index in [2.05, 4.69) is 20.2 Å². The summed E-state index contributed by atoms with van der Waals surface area (Å²) in [6.45, 7) is 0. The number of halogens is 1. The topological polar surface area (TPSA) is 97.8 Å². The number of carbonyl (C=O) groups excluding carboxylic acids is 1. The highest BCUT2D eigenvalue weighted by molar-refractivity contribution is 7.99. The van der Waals surface area contributed by atoms with Crippen molar-refractivity contribution in [3.05, 3.63) is 73.0 Å². The van der Waals surface area contributed by atoms with Crippen molar-refractivity contribution >= 4 is 28.4 Å². The van der Waals surface area contributed by atoms with Crippen molar-refractivity contribution in [1.29, 1.82) is 0 Å². The lowest BCUT2D eigenvalue weighted by molar-refractivity contribution is 0.102. The minimum absolute atomic E-state index is 0.0844. The Morgan fingerprint density at radius 3 is 2.53 bits per heavy atom. The number of ketones is 1. The zero-order chi connectivity index (χ0) is 20.5. The number of furan rings is 2. The van der Waals surface area contributed by atoms with E-state index in [1.54, 1.807) is 49.4 Å². The first kappa shape index (κ1) is 18.3. The van der Waals surface area contributed by atoms with Crippen LogP contribution in [0.4, 0.5) is 4.39 Å². The summed E-state index contributed by atoms with van der Waals surface area (Å²) in [7, 11) is 0. The van der Waals surface area contributed by atoms with Gasteiger partial charge in [0.2, 0.25) is 5.16 Å². The third kappa shape index (κ3) is 3.39. The molecule has 0 saturated heterocycles. The van der Waals surface area contributed by atoms with Crippen LogP contribution < -0.4 is 0 Å². The van der Waals surface area contributed by atoms with Gasteiger partial charge in [-0.25, -0.2) is 9.37 Å². The molecule has 7 nitrogen and oxygen atoms in total. The molecule has 0 aliphatic rings. The number of H-pyrrole nitrogens is 1. The second-order valence-electron chi connectivity index (χ2n) is 6.42. The largest absolute Gasteiger partial charge is 0.472 e. The molecule has 0 amide bonds. The molecule has 148 valence electrons. The van der Waals surface area contributed by atoms with E-state index in [0.717, 1.165) is 22.9 Å². The van der Waals surface area contributed by atoms with Gasteiger partial charge in [-0.2, -0.15) is 0 Å². The standard InChI is InChI=1S/C21H13FN4O3S/c22-14-1-2-17-15(7-14)16(8-23-17)18(27)11-30-21-24-19(12-3-5-28-9-12)20(25-26-21)13-4-6-29-10-13/h1-10,23H,11H2. The van der Waals surface area contributed by atoms with Gasteiger partial charge < -0.3 is 13.8 Å². The summed E-state index contributed by atoms with van der Waals surface area (Å²) in [5, 5.41) is 9.32. The Labute approximate surface area is 173 Å². The van der Waals surface area contributed by atoms with Crippen LogP contribution in [-0.2, 0) is 0 Å². The molecule has 9 heteroatoms. The molecule has 30 heavy (non-hydrogen) atoms. The predicted molar refractivity (Wildman–Crippen MR) is 109 cm³/mol. The summed E-state index contributed by atoms with van der Waals surface area (Å²) in [5.74, 6) is -0.471. The number of rotatable bonds is 6. The van der Waals surface area contributed by atoms with Crippen molar-refractivity contribution in [2.45, 2.75) is 5.16 Å². The number of nitrogens with zero attached hydrogens (tertiary/aromatic N) is 3. The summed E-state index contributed by atoms with van der Waals surface area (Å²) in [6, 6.07) is 7.83. The third-order valence-corrected chi connectivity index (χ3v) is 5.37. The van der Waals surface area contributed by atoms with Crippen LogP contribution in [0, 0.1) is 5.82 Å². The number of aromatic amines is 1. The highest BCUT2D eigenvalue weighted by Crippen LogP contribution is 2.30. The fourth-order valence-electron chi connectivity index (χ4n) is 3.10. The maximum Gasteiger partial charge on any atom is 0.210 e. The molecule has 0 aliphatic carbocycles. The van der Waals surface area contributed by atoms with Crippen LogP contribution in [-0.4, -0.2) is 31.7 Å². The molecule has 4 aromatic heterocycles. The van der Waals surface area contributed by atoms with Crippen LogP contribution in [0.1, 0.15) is 10.4 Å². The monoisotopic (exact) mass is 420 g/mol. The Morgan fingerprint density at radius 2 is 1.80 bits per heavy atom. The Morgan fingerprint density at radius 1 is 1.03 bits per heavy atom. The summed E-state index contributed by atoms with van der Waals surface area (Å²) >= 11 is 1.16. The van der Waals surface area contributed by atoms with Crippen molar-refractivity contribution in [1.82, 2.24) is 20.2 Å². The average Bonchev–Trinajstić information content (AvgIpc) is 3.53. The average molecular weight is 420 g/mol. The molecule has 1 aromatic carbocycles. The first-order chi connectivity index (χ1) is 14.7. The molecule has 5 rings (SSSR count). The number of fused-ring (bicyclic) bond motifs is 1. The fourth-order valence-corrected chi connectivity index (χ4v) is 3.77. The lowest BCUT2D eigenvalue weighted by Gasteiger charge is -2.06. The highest BCUT2D eigenvalue weighted by atomic mass is 32.2. The molecular formula is C21H13FN4O3S. The molecule has 0 saturated carbocycles. The van der Waals surface area contributed by atoms with E-state index in [9.17, 15) is 9.18 Å². The number of hydrogen-bond acceptors (Lipinski definition) is 7. The lowest BCUT2D eigenvalue weighted by Crippen LogP contribution is -2.04. The SMILES string of the molecule is O=C(CSc1nnc(-c2ccoc2)c(-c2ccoc2)n1)c1c[nH]c2ccc(F)cc12. The molecule has 0 aliphatic heterocycles. The minimum Gasteiger partial charge on any atom is -0.472 e. The van der Waals surface area contributed by atoms with Gasteiger partial charge in [0.05, 0.1) is 30.8 Å². The number of aromatic nitrogens is 4. The van der Waals surface area contributed by atoms with Gasteiger partial charge >= 0.3 is 0 Å². The molecule has 0 bridgehead atoms. The Balaban J connectivity index is 1.42. The number of Topliss-reactive ketones (excluding diaryl/α,β-unsaturated/α-hetero) is 1. The van der Waals surface area contributed by atoms with Crippen LogP contribution >= 0.6 is 11.8 Å². The summed E-state index contributed by atoms with van der Waals surface area (Å²) in [4.78, 5) is 20.3. The van der Waals surface area contributed by atoms with Crippen molar-refractivity contribution in [3.63, 3.8) is 0 Å². The van der Waals surface area contributed by atoms with Gasteiger partial charge in [0.1, 0.15) is 17.2 Å². The Bertz CT molecular complexity index is 1330. The van der Waals surface area contributed by atoms with Crippen molar-refractivity contribution in [2.24, 2.45) is 0 Å². The zero-order valence-electron chi connectivity index (χ0n) is 15.3. The van der Waals surface area contributed by atoms with E-state index < -0.39 is 5.82 Å². The van der Waals surface area contributed by atoms with E-state index in [1.165, 1.54) is 12.1 Å². The van der Waals surface area contributed by atoms with Crippen LogP contribution in [0.15, 0.2) is 75.6 Å². The quantitative estimate of drug-likeness (QED) is 0.305. The van der Waals surface area contributed by atoms with Crippen LogP contribution in [0.5, 0.6) is 0 Å². The maximum absolute atomic E-state index is 13.6. The van der Waals surface area contributed by atoms with E-state index in [0.29, 0.717) is 33.0 Å². The van der Waals surface area contributed by atoms with Crippen LogP contribution in [0.2, 0.25) is 0 Å². The molecule has 0 spiro atoms. The second-order valence-corrected chi connectivity index (χ2v) is 7.36. The predicted octanol–water partition coefficient (Wildman–Crippen LogP) is 4.99. The third-order valence-electron chi connectivity index (χ3n) is 4.53. The number of thioether (sulfide) groups is 1. The summed E-state index contributed by atoms with van der Waals surface area (Å²) in [5.41, 5.74) is 3.72. The van der Waals surface area contributed by atoms with Gasteiger partial charge in [-0.3, -0.25) is 4.79 Å². The molecular weight excluding hydrogens is 407 g/mol. The molecule has 4 heterocycles.